The molecule has 12 heteroatoms. The highest BCUT2D eigenvalue weighted by Crippen LogP contribution is 2.38. The van der Waals surface area contributed by atoms with Crippen molar-refractivity contribution in [3.63, 3.8) is 0 Å². The van der Waals surface area contributed by atoms with Gasteiger partial charge in [-0.1, -0.05) is 17.7 Å². The van der Waals surface area contributed by atoms with Crippen LogP contribution in [0.1, 0.15) is 27.2 Å². The zero-order chi connectivity index (χ0) is 29.4. The number of anilines is 1. The van der Waals surface area contributed by atoms with E-state index in [0.717, 1.165) is 30.3 Å². The molecule has 2 aliphatic rings. The number of nitrogens with zero attached hydrogens (tertiary/aromatic N) is 5. The molecule has 2 aliphatic heterocycles. The molecule has 8 nitrogen and oxygen atoms in total. The van der Waals surface area contributed by atoms with Gasteiger partial charge in [0, 0.05) is 57.2 Å². The number of benzene rings is 2. The molecular weight excluding hydrogens is 569 g/mol. The van der Waals surface area contributed by atoms with Gasteiger partial charge in [0.15, 0.2) is 5.82 Å². The molecule has 4 aromatic rings. The van der Waals surface area contributed by atoms with Crippen LogP contribution in [0.4, 0.5) is 18.9 Å². The van der Waals surface area contributed by atoms with Crippen molar-refractivity contribution in [2.75, 3.05) is 44.7 Å². The number of rotatable bonds is 5. The molecule has 0 radical (unpaired) electrons. The maximum absolute atomic E-state index is 13.4. The van der Waals surface area contributed by atoms with Crippen LogP contribution >= 0.6 is 11.6 Å². The lowest BCUT2D eigenvalue weighted by Gasteiger charge is -2.32. The minimum absolute atomic E-state index is 0.0920. The van der Waals surface area contributed by atoms with E-state index >= 15 is 0 Å². The number of hydrogen-bond acceptors (Lipinski definition) is 6. The van der Waals surface area contributed by atoms with E-state index in [9.17, 15) is 18.0 Å². The van der Waals surface area contributed by atoms with Crippen LogP contribution in [0.5, 0.6) is 11.5 Å². The number of piperazine rings is 1. The molecule has 1 saturated heterocycles. The van der Waals surface area contributed by atoms with Gasteiger partial charge in [-0.3, -0.25) is 9.78 Å². The molecule has 42 heavy (non-hydrogen) atoms. The molecule has 0 aliphatic carbocycles. The number of fused-ring (bicyclic) bond motifs is 1. The molecule has 1 amide bonds. The van der Waals surface area contributed by atoms with Crippen molar-refractivity contribution in [2.24, 2.45) is 0 Å². The lowest BCUT2D eigenvalue weighted by atomic mass is 9.98. The Labute approximate surface area is 245 Å². The topological polar surface area (TPSA) is 77.6 Å². The number of pyridine rings is 1. The number of carbonyl (C=O) groups excluding carboxylic acids is 1. The van der Waals surface area contributed by atoms with E-state index in [1.54, 1.807) is 24.4 Å². The van der Waals surface area contributed by atoms with Crippen LogP contribution in [0.2, 0.25) is 5.02 Å². The van der Waals surface area contributed by atoms with Crippen LogP contribution in [0, 0.1) is 0 Å². The van der Waals surface area contributed by atoms with Gasteiger partial charge >= 0.3 is 6.18 Å². The Morgan fingerprint density at radius 2 is 1.74 bits per heavy atom. The number of aromatic amines is 1. The first-order valence-electron chi connectivity index (χ1n) is 13.5. The zero-order valence-electron chi connectivity index (χ0n) is 22.8. The average Bonchev–Trinajstić information content (AvgIpc) is 3.47. The Morgan fingerprint density at radius 3 is 2.52 bits per heavy atom. The number of carbonyl (C=O) groups is 1. The van der Waals surface area contributed by atoms with E-state index in [2.05, 4.69) is 19.9 Å². The van der Waals surface area contributed by atoms with Crippen LogP contribution in [-0.4, -0.2) is 70.4 Å². The number of nitrogens with one attached hydrogen (secondary N) is 1. The molecule has 218 valence electrons. The maximum Gasteiger partial charge on any atom is 0.417 e. The molecule has 0 spiro atoms. The normalized spacial score (nSPS) is 15.9. The van der Waals surface area contributed by atoms with Gasteiger partial charge in [-0.15, -0.1) is 0 Å². The Balaban J connectivity index is 1.16. The van der Waals surface area contributed by atoms with Gasteiger partial charge in [0.2, 0.25) is 0 Å². The van der Waals surface area contributed by atoms with Crippen molar-refractivity contribution in [3.8, 4) is 23.0 Å². The fraction of sp³-hybridized carbons (Fsp3) is 0.300. The van der Waals surface area contributed by atoms with Crippen molar-refractivity contribution < 1.29 is 22.7 Å². The van der Waals surface area contributed by atoms with E-state index in [1.165, 1.54) is 12.3 Å². The van der Waals surface area contributed by atoms with Gasteiger partial charge < -0.3 is 24.4 Å². The first-order valence-corrected chi connectivity index (χ1v) is 13.9. The van der Waals surface area contributed by atoms with Crippen molar-refractivity contribution in [1.82, 2.24) is 24.8 Å². The van der Waals surface area contributed by atoms with E-state index in [4.69, 9.17) is 16.3 Å². The maximum atomic E-state index is 13.4. The summed E-state index contributed by atoms with van der Waals surface area (Å²) >= 11 is 5.82. The van der Waals surface area contributed by atoms with Gasteiger partial charge in [0.25, 0.3) is 5.91 Å². The first-order chi connectivity index (χ1) is 20.1. The summed E-state index contributed by atoms with van der Waals surface area (Å²) in [6, 6.07) is 13.2. The second-order valence-corrected chi connectivity index (χ2v) is 10.9. The predicted octanol–water partition coefficient (Wildman–Crippen LogP) is 5.89. The number of hydrogen-bond donors (Lipinski definition) is 1. The van der Waals surface area contributed by atoms with Crippen LogP contribution in [-0.2, 0) is 19.1 Å². The molecule has 0 unspecified atom stereocenters. The van der Waals surface area contributed by atoms with Crippen molar-refractivity contribution in [2.45, 2.75) is 19.1 Å². The molecule has 0 atom stereocenters. The van der Waals surface area contributed by atoms with Gasteiger partial charge in [0.05, 0.1) is 16.8 Å². The molecule has 0 saturated carbocycles. The molecule has 2 aromatic carbocycles. The summed E-state index contributed by atoms with van der Waals surface area (Å²) in [5, 5.41) is -0.316. The summed E-state index contributed by atoms with van der Waals surface area (Å²) in [6.07, 6.45) is -0.706. The average molecular weight is 597 g/mol. The molecule has 0 bridgehead atoms. The van der Waals surface area contributed by atoms with E-state index in [-0.39, 0.29) is 10.9 Å². The smallest absolute Gasteiger partial charge is 0.417 e. The standard InChI is InChI=1S/C30H28ClF3N6O2/c1-38-10-12-39(13-11-38)29(41)27-17-36-28(37-27)26-16-23(6-8-35-26)42-22-4-2-19-7-9-40(18-20(19)14-22)21-3-5-25(31)24(15-21)30(32,33)34/h2-6,8,14-17H,7,9-13,18H2,1H3,(H,36,37). The van der Waals surface area contributed by atoms with Crippen LogP contribution < -0.4 is 9.64 Å². The highest BCUT2D eigenvalue weighted by Gasteiger charge is 2.34. The second-order valence-electron chi connectivity index (χ2n) is 10.5. The summed E-state index contributed by atoms with van der Waals surface area (Å²) < 4.78 is 46.4. The third-order valence-corrected chi connectivity index (χ3v) is 7.95. The third-order valence-electron chi connectivity index (χ3n) is 7.62. The van der Waals surface area contributed by atoms with Crippen LogP contribution in [0.25, 0.3) is 11.5 Å². The van der Waals surface area contributed by atoms with Crippen molar-refractivity contribution in [1.29, 1.82) is 0 Å². The second kappa shape index (κ2) is 11.3. The van der Waals surface area contributed by atoms with E-state index in [0.29, 0.717) is 67.0 Å². The number of H-pyrrole nitrogens is 1. The Bertz CT molecular complexity index is 1620. The Hall–Kier alpha value is -4.09. The Morgan fingerprint density at radius 1 is 0.952 bits per heavy atom. The summed E-state index contributed by atoms with van der Waals surface area (Å²) in [4.78, 5) is 30.6. The number of alkyl halides is 3. The SMILES string of the molecule is CN1CCN(C(=O)c2cnc(-c3cc(Oc4ccc5c(c4)CN(c4ccc(Cl)c(C(F)(F)F)c4)CC5)ccn3)[nH]2)CC1. The monoisotopic (exact) mass is 596 g/mol. The number of likely N-dealkylation sites (N-methyl/N-ethyl adjacent to an activating group) is 1. The Kier molecular flexibility index (Phi) is 7.54. The number of imidazole rings is 1. The van der Waals surface area contributed by atoms with Gasteiger partial charge in [-0.25, -0.2) is 4.98 Å². The summed E-state index contributed by atoms with van der Waals surface area (Å²) in [5.74, 6) is 1.49. The minimum atomic E-state index is -4.53. The number of halogens is 4. The number of amides is 1. The van der Waals surface area contributed by atoms with Crippen LogP contribution in [0.3, 0.4) is 0 Å². The van der Waals surface area contributed by atoms with Crippen LogP contribution in [0.15, 0.2) is 60.9 Å². The molecular formula is C30H28ClF3N6O2. The van der Waals surface area contributed by atoms with Gasteiger partial charge in [-0.05, 0) is 61.0 Å². The molecule has 6 rings (SSSR count). The summed E-state index contributed by atoms with van der Waals surface area (Å²) in [6.45, 7) is 4.01. The molecule has 1 fully saturated rings. The highest BCUT2D eigenvalue weighted by atomic mass is 35.5. The number of aromatic nitrogens is 3. The van der Waals surface area contributed by atoms with Gasteiger partial charge in [-0.2, -0.15) is 13.2 Å². The van der Waals surface area contributed by atoms with E-state index in [1.807, 2.05) is 35.0 Å². The van der Waals surface area contributed by atoms with Gasteiger partial charge in [0.1, 0.15) is 22.9 Å². The largest absolute Gasteiger partial charge is 0.457 e. The lowest BCUT2D eigenvalue weighted by molar-refractivity contribution is -0.137. The van der Waals surface area contributed by atoms with Crippen molar-refractivity contribution in [3.05, 3.63) is 88.3 Å². The third kappa shape index (κ3) is 5.93. The van der Waals surface area contributed by atoms with Crippen molar-refractivity contribution >= 4 is 23.2 Å². The summed E-state index contributed by atoms with van der Waals surface area (Å²) in [7, 11) is 2.03. The minimum Gasteiger partial charge on any atom is -0.457 e. The molecule has 1 N–H and O–H groups in total. The quantitative estimate of drug-likeness (QED) is 0.310. The first kappa shape index (κ1) is 28.0. The summed E-state index contributed by atoms with van der Waals surface area (Å²) in [5.41, 5.74) is 2.64. The fourth-order valence-electron chi connectivity index (χ4n) is 5.22. The molecule has 2 aromatic heterocycles. The number of ether oxygens (including phenoxy) is 1. The lowest BCUT2D eigenvalue weighted by Crippen LogP contribution is -2.47. The van der Waals surface area contributed by atoms with E-state index < -0.39 is 11.7 Å². The fourth-order valence-corrected chi connectivity index (χ4v) is 5.45. The molecule has 4 heterocycles. The predicted molar refractivity (Wildman–Crippen MR) is 153 cm³/mol. The zero-order valence-corrected chi connectivity index (χ0v) is 23.5. The highest BCUT2D eigenvalue weighted by molar-refractivity contribution is 6.31.